The van der Waals surface area contributed by atoms with Gasteiger partial charge in [-0.25, -0.2) is 0 Å². The van der Waals surface area contributed by atoms with E-state index in [0.717, 1.165) is 6.42 Å². The highest BCUT2D eigenvalue weighted by Crippen LogP contribution is 2.30. The number of fused-ring (bicyclic) bond motifs is 1. The standard InChI is InChI=1S/C13H14O/c1-10-9-11-5-3-2-4-6-13(11)12(10)7-8-14/h2-6,9,14H,7-8H2,1H3. The molecule has 0 bridgehead atoms. The van der Waals surface area contributed by atoms with Crippen molar-refractivity contribution in [3.05, 3.63) is 47.5 Å². The van der Waals surface area contributed by atoms with E-state index >= 15 is 0 Å². The van der Waals surface area contributed by atoms with Crippen LogP contribution in [0.4, 0.5) is 0 Å². The lowest BCUT2D eigenvalue weighted by molar-refractivity contribution is 0.299. The Balaban J connectivity index is 2.59. The van der Waals surface area contributed by atoms with Gasteiger partial charge in [0.25, 0.3) is 0 Å². The number of aryl methyl sites for hydroxylation is 1. The molecule has 0 amide bonds. The second kappa shape index (κ2) is 3.81. The Morgan fingerprint density at radius 1 is 1.14 bits per heavy atom. The monoisotopic (exact) mass is 186 g/mol. The minimum Gasteiger partial charge on any atom is -0.396 e. The van der Waals surface area contributed by atoms with E-state index in [4.69, 9.17) is 5.11 Å². The summed E-state index contributed by atoms with van der Waals surface area (Å²) in [7, 11) is 0. The molecule has 0 radical (unpaired) electrons. The summed E-state index contributed by atoms with van der Waals surface area (Å²) in [5.74, 6) is 0. The molecule has 0 aliphatic heterocycles. The summed E-state index contributed by atoms with van der Waals surface area (Å²) in [4.78, 5) is 0. The van der Waals surface area contributed by atoms with E-state index in [1.807, 2.05) is 18.2 Å². The normalized spacial score (nSPS) is 10.7. The van der Waals surface area contributed by atoms with Gasteiger partial charge in [-0.3, -0.25) is 0 Å². The van der Waals surface area contributed by atoms with Crippen LogP contribution in [0.3, 0.4) is 0 Å². The summed E-state index contributed by atoms with van der Waals surface area (Å²) >= 11 is 0. The van der Waals surface area contributed by atoms with Crippen LogP contribution in [-0.2, 0) is 6.42 Å². The van der Waals surface area contributed by atoms with E-state index in [0.29, 0.717) is 0 Å². The molecule has 2 rings (SSSR count). The maximum atomic E-state index is 8.98. The van der Waals surface area contributed by atoms with Crippen LogP contribution < -0.4 is 0 Å². The first-order valence-electron chi connectivity index (χ1n) is 4.91. The Morgan fingerprint density at radius 3 is 2.71 bits per heavy atom. The number of hydrogen-bond acceptors (Lipinski definition) is 1. The summed E-state index contributed by atoms with van der Waals surface area (Å²) < 4.78 is 0. The number of aliphatic hydroxyl groups is 1. The van der Waals surface area contributed by atoms with Gasteiger partial charge < -0.3 is 5.11 Å². The van der Waals surface area contributed by atoms with Gasteiger partial charge >= 0.3 is 0 Å². The van der Waals surface area contributed by atoms with Gasteiger partial charge in [-0.05, 0) is 35.6 Å². The molecular weight excluding hydrogens is 172 g/mol. The van der Waals surface area contributed by atoms with E-state index in [2.05, 4.69) is 25.1 Å². The first-order valence-corrected chi connectivity index (χ1v) is 4.91. The zero-order valence-corrected chi connectivity index (χ0v) is 8.33. The molecule has 0 fully saturated rings. The van der Waals surface area contributed by atoms with E-state index in [1.54, 1.807) is 0 Å². The lowest BCUT2D eigenvalue weighted by Crippen LogP contribution is -1.91. The Kier molecular flexibility index (Phi) is 2.51. The fraction of sp³-hybridized carbons (Fsp3) is 0.231. The van der Waals surface area contributed by atoms with Crippen LogP contribution in [0, 0.1) is 6.92 Å². The van der Waals surface area contributed by atoms with Crippen molar-refractivity contribution in [1.82, 2.24) is 0 Å². The first kappa shape index (κ1) is 9.22. The van der Waals surface area contributed by atoms with Gasteiger partial charge in [0.2, 0.25) is 0 Å². The van der Waals surface area contributed by atoms with Crippen molar-refractivity contribution in [3.8, 4) is 11.1 Å². The van der Waals surface area contributed by atoms with Crippen LogP contribution in [0.2, 0.25) is 0 Å². The molecule has 1 nitrogen and oxygen atoms in total. The average molecular weight is 186 g/mol. The molecule has 0 aromatic heterocycles. The predicted molar refractivity (Wildman–Crippen MR) is 58.6 cm³/mol. The zero-order valence-electron chi connectivity index (χ0n) is 8.33. The Hall–Kier alpha value is -1.34. The van der Waals surface area contributed by atoms with Crippen molar-refractivity contribution >= 4 is 0 Å². The highest BCUT2D eigenvalue weighted by atomic mass is 16.2. The topological polar surface area (TPSA) is 20.2 Å². The quantitative estimate of drug-likeness (QED) is 0.764. The summed E-state index contributed by atoms with van der Waals surface area (Å²) in [6, 6.07) is 12.5. The molecule has 0 spiro atoms. The van der Waals surface area contributed by atoms with Crippen molar-refractivity contribution in [2.24, 2.45) is 0 Å². The molecule has 0 atom stereocenters. The summed E-state index contributed by atoms with van der Waals surface area (Å²) in [5.41, 5.74) is 5.08. The van der Waals surface area contributed by atoms with Crippen molar-refractivity contribution < 1.29 is 5.11 Å². The van der Waals surface area contributed by atoms with E-state index in [9.17, 15) is 0 Å². The van der Waals surface area contributed by atoms with Gasteiger partial charge in [0.15, 0.2) is 0 Å². The molecule has 2 aliphatic carbocycles. The highest BCUT2D eigenvalue weighted by Gasteiger charge is 2.10. The van der Waals surface area contributed by atoms with Gasteiger partial charge in [-0.2, -0.15) is 0 Å². The van der Waals surface area contributed by atoms with Crippen LogP contribution >= 0.6 is 0 Å². The van der Waals surface area contributed by atoms with Gasteiger partial charge in [0, 0.05) is 6.61 Å². The third kappa shape index (κ3) is 1.51. The van der Waals surface area contributed by atoms with Gasteiger partial charge in [-0.1, -0.05) is 36.4 Å². The number of hydrogen-bond donors (Lipinski definition) is 1. The smallest absolute Gasteiger partial charge is 0.0471 e. The molecular formula is C13H14O. The molecule has 0 saturated heterocycles. The van der Waals surface area contributed by atoms with Gasteiger partial charge in [0.05, 0.1) is 0 Å². The molecule has 0 heterocycles. The molecule has 1 heteroatoms. The van der Waals surface area contributed by atoms with Crippen LogP contribution in [-0.4, -0.2) is 11.7 Å². The van der Waals surface area contributed by atoms with Crippen molar-refractivity contribution in [2.75, 3.05) is 6.61 Å². The van der Waals surface area contributed by atoms with Gasteiger partial charge in [-0.15, -0.1) is 0 Å². The largest absolute Gasteiger partial charge is 0.396 e. The summed E-state index contributed by atoms with van der Waals surface area (Å²) in [6.45, 7) is 2.32. The van der Waals surface area contributed by atoms with Crippen molar-refractivity contribution in [3.63, 3.8) is 0 Å². The molecule has 72 valence electrons. The summed E-state index contributed by atoms with van der Waals surface area (Å²) in [5, 5.41) is 8.98. The van der Waals surface area contributed by atoms with E-state index in [1.165, 1.54) is 22.3 Å². The van der Waals surface area contributed by atoms with Crippen molar-refractivity contribution in [2.45, 2.75) is 13.3 Å². The average Bonchev–Trinajstić information content (AvgIpc) is 2.39. The van der Waals surface area contributed by atoms with E-state index in [-0.39, 0.29) is 6.61 Å². The van der Waals surface area contributed by atoms with Crippen LogP contribution in [0.25, 0.3) is 11.1 Å². The van der Waals surface area contributed by atoms with Crippen LogP contribution in [0.15, 0.2) is 36.4 Å². The molecule has 0 saturated carbocycles. The third-order valence-electron chi connectivity index (χ3n) is 2.61. The third-order valence-corrected chi connectivity index (χ3v) is 2.61. The molecule has 14 heavy (non-hydrogen) atoms. The minimum atomic E-state index is 0.221. The maximum Gasteiger partial charge on any atom is 0.0471 e. The molecule has 1 N–H and O–H groups in total. The van der Waals surface area contributed by atoms with E-state index < -0.39 is 0 Å². The van der Waals surface area contributed by atoms with Crippen molar-refractivity contribution in [1.29, 1.82) is 0 Å². The minimum absolute atomic E-state index is 0.221. The molecule has 2 aliphatic rings. The fourth-order valence-electron chi connectivity index (χ4n) is 1.94. The second-order valence-electron chi connectivity index (χ2n) is 3.56. The van der Waals surface area contributed by atoms with Gasteiger partial charge in [0.1, 0.15) is 0 Å². The molecule has 0 aromatic rings. The van der Waals surface area contributed by atoms with Crippen LogP contribution in [0.1, 0.15) is 11.1 Å². The number of rotatable bonds is 2. The first-order chi connectivity index (χ1) is 6.83. The van der Waals surface area contributed by atoms with Crippen LogP contribution in [0.5, 0.6) is 0 Å². The lowest BCUT2D eigenvalue weighted by Gasteiger charge is -2.00. The Labute approximate surface area is 84.4 Å². The summed E-state index contributed by atoms with van der Waals surface area (Å²) in [6.07, 6.45) is 0.749. The Morgan fingerprint density at radius 2 is 1.93 bits per heavy atom. The predicted octanol–water partition coefficient (Wildman–Crippen LogP) is 2.63. The highest BCUT2D eigenvalue weighted by molar-refractivity contribution is 5.73. The molecule has 0 unspecified atom stereocenters. The fourth-order valence-corrected chi connectivity index (χ4v) is 1.94. The number of aliphatic hydroxyl groups excluding tert-OH is 1. The molecule has 0 aromatic carbocycles. The maximum absolute atomic E-state index is 8.98. The zero-order chi connectivity index (χ0) is 9.97. The lowest BCUT2D eigenvalue weighted by atomic mass is 10.1. The second-order valence-corrected chi connectivity index (χ2v) is 3.56. The Bertz CT molecular complexity index is 406. The SMILES string of the molecule is Cc1cc2cccccc-2c1CCO.